The number of aliphatic imine (C=N–C) groups is 1. The van der Waals surface area contributed by atoms with Crippen molar-refractivity contribution in [3.63, 3.8) is 0 Å². The molecule has 1 aromatic carbocycles. The second-order valence-corrected chi connectivity index (χ2v) is 4.88. The monoisotopic (exact) mass is 266 g/mol. The van der Waals surface area contributed by atoms with Gasteiger partial charge >= 0.3 is 0 Å². The van der Waals surface area contributed by atoms with Crippen LogP contribution in [0.25, 0.3) is 0 Å². The van der Waals surface area contributed by atoms with E-state index in [1.54, 1.807) is 0 Å². The van der Waals surface area contributed by atoms with Gasteiger partial charge in [0, 0.05) is 10.0 Å². The molecule has 0 atom stereocenters. The molecule has 0 radical (unpaired) electrons. The molecule has 2 N–H and O–H groups in total. The van der Waals surface area contributed by atoms with Crippen LogP contribution in [-0.2, 0) is 0 Å². The Kier molecular flexibility index (Phi) is 3.41. The first-order valence-corrected chi connectivity index (χ1v) is 6.14. The van der Waals surface area contributed by atoms with Crippen LogP contribution in [0.4, 0.5) is 0 Å². The molecule has 1 saturated carbocycles. The molecule has 2 nitrogen and oxygen atoms in total. The maximum Gasteiger partial charge on any atom is 0.125 e. The van der Waals surface area contributed by atoms with Gasteiger partial charge in [0.1, 0.15) is 5.84 Å². The topological polar surface area (TPSA) is 38.4 Å². The number of benzene rings is 1. The summed E-state index contributed by atoms with van der Waals surface area (Å²) in [4.78, 5) is 4.56. The molecule has 2 rings (SSSR count). The lowest BCUT2D eigenvalue weighted by molar-refractivity contribution is 0.706. The molecule has 1 aliphatic carbocycles. The summed E-state index contributed by atoms with van der Waals surface area (Å²) in [6.45, 7) is 0. The van der Waals surface area contributed by atoms with Crippen molar-refractivity contribution in [3.05, 3.63) is 34.3 Å². The Morgan fingerprint density at radius 1 is 1.20 bits per heavy atom. The molecule has 0 spiro atoms. The van der Waals surface area contributed by atoms with Crippen LogP contribution in [-0.4, -0.2) is 11.9 Å². The predicted molar refractivity (Wildman–Crippen MR) is 67.1 cm³/mol. The van der Waals surface area contributed by atoms with Crippen LogP contribution in [0.5, 0.6) is 0 Å². The van der Waals surface area contributed by atoms with E-state index in [2.05, 4.69) is 20.9 Å². The number of amidine groups is 1. The van der Waals surface area contributed by atoms with Crippen LogP contribution in [0.15, 0.2) is 33.7 Å². The molecule has 15 heavy (non-hydrogen) atoms. The zero-order chi connectivity index (χ0) is 10.7. The minimum Gasteiger partial charge on any atom is -0.383 e. The van der Waals surface area contributed by atoms with Crippen LogP contribution < -0.4 is 5.73 Å². The van der Waals surface area contributed by atoms with E-state index in [4.69, 9.17) is 5.73 Å². The SMILES string of the molecule is NC(=NC1CCCC1)c1ccc(Br)cc1. The summed E-state index contributed by atoms with van der Waals surface area (Å²) in [7, 11) is 0. The van der Waals surface area contributed by atoms with Gasteiger partial charge in [-0.1, -0.05) is 40.9 Å². The van der Waals surface area contributed by atoms with E-state index >= 15 is 0 Å². The average molecular weight is 267 g/mol. The molecule has 0 bridgehead atoms. The summed E-state index contributed by atoms with van der Waals surface area (Å²) in [5.74, 6) is 0.675. The summed E-state index contributed by atoms with van der Waals surface area (Å²) in [5.41, 5.74) is 6.98. The van der Waals surface area contributed by atoms with Crippen molar-refractivity contribution in [3.8, 4) is 0 Å². The van der Waals surface area contributed by atoms with Crippen molar-refractivity contribution in [1.82, 2.24) is 0 Å². The van der Waals surface area contributed by atoms with E-state index in [0.29, 0.717) is 11.9 Å². The molecular weight excluding hydrogens is 252 g/mol. The van der Waals surface area contributed by atoms with Crippen molar-refractivity contribution in [2.75, 3.05) is 0 Å². The van der Waals surface area contributed by atoms with E-state index < -0.39 is 0 Å². The summed E-state index contributed by atoms with van der Waals surface area (Å²) in [5, 5.41) is 0. The molecule has 1 fully saturated rings. The van der Waals surface area contributed by atoms with Gasteiger partial charge in [-0.25, -0.2) is 0 Å². The Morgan fingerprint density at radius 3 is 2.40 bits per heavy atom. The van der Waals surface area contributed by atoms with Gasteiger partial charge in [-0.05, 0) is 25.0 Å². The quantitative estimate of drug-likeness (QED) is 0.649. The molecule has 0 unspecified atom stereocenters. The Morgan fingerprint density at radius 2 is 1.80 bits per heavy atom. The second-order valence-electron chi connectivity index (χ2n) is 3.96. The maximum absolute atomic E-state index is 5.96. The summed E-state index contributed by atoms with van der Waals surface area (Å²) < 4.78 is 1.07. The van der Waals surface area contributed by atoms with Gasteiger partial charge in [0.25, 0.3) is 0 Å². The minimum absolute atomic E-state index is 0.452. The summed E-state index contributed by atoms with van der Waals surface area (Å²) in [6, 6.07) is 8.43. The summed E-state index contributed by atoms with van der Waals surface area (Å²) >= 11 is 3.40. The zero-order valence-corrected chi connectivity index (χ0v) is 10.2. The smallest absolute Gasteiger partial charge is 0.125 e. The lowest BCUT2D eigenvalue weighted by atomic mass is 10.2. The van der Waals surface area contributed by atoms with Crippen molar-refractivity contribution < 1.29 is 0 Å². The van der Waals surface area contributed by atoms with Crippen LogP contribution in [0.2, 0.25) is 0 Å². The van der Waals surface area contributed by atoms with Gasteiger partial charge in [-0.2, -0.15) is 0 Å². The molecule has 0 aromatic heterocycles. The first-order valence-electron chi connectivity index (χ1n) is 5.35. The molecule has 0 amide bonds. The zero-order valence-electron chi connectivity index (χ0n) is 8.62. The number of hydrogen-bond acceptors (Lipinski definition) is 1. The van der Waals surface area contributed by atoms with E-state index in [9.17, 15) is 0 Å². The van der Waals surface area contributed by atoms with Crippen LogP contribution in [0, 0.1) is 0 Å². The van der Waals surface area contributed by atoms with Crippen molar-refractivity contribution in [2.45, 2.75) is 31.7 Å². The van der Waals surface area contributed by atoms with Crippen LogP contribution in [0.3, 0.4) is 0 Å². The molecule has 80 valence electrons. The molecule has 3 heteroatoms. The third-order valence-corrected chi connectivity index (χ3v) is 3.32. The number of rotatable bonds is 2. The summed E-state index contributed by atoms with van der Waals surface area (Å²) in [6.07, 6.45) is 4.97. The number of nitrogens with two attached hydrogens (primary N) is 1. The third-order valence-electron chi connectivity index (χ3n) is 2.79. The largest absolute Gasteiger partial charge is 0.383 e. The van der Waals surface area contributed by atoms with Gasteiger partial charge in [-0.15, -0.1) is 0 Å². The first kappa shape index (κ1) is 10.7. The van der Waals surface area contributed by atoms with Crippen LogP contribution in [0.1, 0.15) is 31.2 Å². The van der Waals surface area contributed by atoms with Gasteiger partial charge in [0.15, 0.2) is 0 Å². The highest BCUT2D eigenvalue weighted by atomic mass is 79.9. The number of nitrogens with zero attached hydrogens (tertiary/aromatic N) is 1. The van der Waals surface area contributed by atoms with Crippen LogP contribution >= 0.6 is 15.9 Å². The minimum atomic E-state index is 0.452. The van der Waals surface area contributed by atoms with Gasteiger partial charge in [-0.3, -0.25) is 4.99 Å². The van der Waals surface area contributed by atoms with Crippen molar-refractivity contribution in [2.24, 2.45) is 10.7 Å². The molecular formula is C12H15BrN2. The van der Waals surface area contributed by atoms with Gasteiger partial charge < -0.3 is 5.73 Å². The molecule has 0 aliphatic heterocycles. The highest BCUT2D eigenvalue weighted by Gasteiger charge is 2.14. The molecule has 0 heterocycles. The van der Waals surface area contributed by atoms with Crippen molar-refractivity contribution in [1.29, 1.82) is 0 Å². The molecule has 1 aliphatic rings. The fourth-order valence-electron chi connectivity index (χ4n) is 1.93. The predicted octanol–water partition coefficient (Wildman–Crippen LogP) is 3.10. The lowest BCUT2D eigenvalue weighted by Crippen LogP contribution is -2.16. The Balaban J connectivity index is 2.12. The third kappa shape index (κ3) is 2.81. The molecule has 0 saturated heterocycles. The van der Waals surface area contributed by atoms with E-state index in [1.807, 2.05) is 24.3 Å². The average Bonchev–Trinajstić information content (AvgIpc) is 2.71. The first-order chi connectivity index (χ1) is 7.25. The highest BCUT2D eigenvalue weighted by Crippen LogP contribution is 2.21. The fourth-order valence-corrected chi connectivity index (χ4v) is 2.19. The number of halogens is 1. The standard InChI is InChI=1S/C12H15BrN2/c13-10-7-5-9(6-8-10)12(14)15-11-3-1-2-4-11/h5-8,11H,1-4H2,(H2,14,15). The second kappa shape index (κ2) is 4.79. The van der Waals surface area contributed by atoms with Gasteiger partial charge in [0.2, 0.25) is 0 Å². The fraction of sp³-hybridized carbons (Fsp3) is 0.417. The highest BCUT2D eigenvalue weighted by molar-refractivity contribution is 9.10. The van der Waals surface area contributed by atoms with Crippen molar-refractivity contribution >= 4 is 21.8 Å². The Labute approximate surface area is 98.7 Å². The van der Waals surface area contributed by atoms with E-state index in [1.165, 1.54) is 25.7 Å². The Hall–Kier alpha value is -0.830. The van der Waals surface area contributed by atoms with E-state index in [-0.39, 0.29) is 0 Å². The maximum atomic E-state index is 5.96. The normalized spacial score (nSPS) is 18.3. The lowest BCUT2D eigenvalue weighted by Gasteiger charge is -2.05. The molecule has 1 aromatic rings. The Bertz CT molecular complexity index is 350. The van der Waals surface area contributed by atoms with E-state index in [0.717, 1.165) is 10.0 Å². The number of hydrogen-bond donors (Lipinski definition) is 1. The van der Waals surface area contributed by atoms with Gasteiger partial charge in [0.05, 0.1) is 6.04 Å².